The van der Waals surface area contributed by atoms with E-state index in [-0.39, 0.29) is 23.8 Å². The molecule has 1 atom stereocenters. The second-order valence-electron chi connectivity index (χ2n) is 8.08. The monoisotopic (exact) mass is 441 g/mol. The zero-order valence-corrected chi connectivity index (χ0v) is 18.5. The number of amides is 2. The molecule has 31 heavy (non-hydrogen) atoms. The van der Waals surface area contributed by atoms with E-state index in [1.54, 1.807) is 18.0 Å². The second kappa shape index (κ2) is 9.81. The average Bonchev–Trinajstić information content (AvgIpc) is 3.65. The topological polar surface area (TPSA) is 61.9 Å². The molecule has 1 aliphatic carbocycles. The van der Waals surface area contributed by atoms with Crippen molar-refractivity contribution in [3.8, 4) is 0 Å². The molecule has 7 heteroatoms. The summed E-state index contributed by atoms with van der Waals surface area (Å²) in [7, 11) is 1.74. The van der Waals surface area contributed by atoms with Crippen molar-refractivity contribution >= 4 is 29.1 Å². The van der Waals surface area contributed by atoms with E-state index in [0.29, 0.717) is 36.0 Å². The summed E-state index contributed by atoms with van der Waals surface area (Å²) in [4.78, 5) is 29.6. The number of nitrogens with zero attached hydrogens (tertiary/aromatic N) is 2. The molecule has 1 heterocycles. The first-order valence-electron chi connectivity index (χ1n) is 10.8. The van der Waals surface area contributed by atoms with E-state index in [4.69, 9.17) is 16.3 Å². The Balaban J connectivity index is 1.52. The quantitative estimate of drug-likeness (QED) is 0.714. The number of para-hydroxylation sites is 1. The summed E-state index contributed by atoms with van der Waals surface area (Å²) in [5, 5.41) is 3.77. The Labute approximate surface area is 188 Å². The minimum absolute atomic E-state index is 0.0560. The zero-order valence-electron chi connectivity index (χ0n) is 17.7. The van der Waals surface area contributed by atoms with Gasteiger partial charge in [0, 0.05) is 37.6 Å². The standard InChI is InChI=1S/C24H28ClN3O3/c1-27(24(30)17-10-11-17)21-9-5-3-7-19(21)23(29)26-16-22(28-12-14-31-15-13-28)18-6-2-4-8-20(18)25/h2-9,17,22H,10-16H2,1H3,(H,26,29). The molecule has 1 aliphatic heterocycles. The van der Waals surface area contributed by atoms with Gasteiger partial charge in [-0.1, -0.05) is 41.9 Å². The lowest BCUT2D eigenvalue weighted by Gasteiger charge is -2.35. The molecule has 1 unspecified atom stereocenters. The Morgan fingerprint density at radius 2 is 1.81 bits per heavy atom. The highest BCUT2D eigenvalue weighted by Gasteiger charge is 2.33. The predicted octanol–water partition coefficient (Wildman–Crippen LogP) is 3.52. The molecule has 2 aliphatic rings. The van der Waals surface area contributed by atoms with Gasteiger partial charge in [-0.3, -0.25) is 14.5 Å². The summed E-state index contributed by atoms with van der Waals surface area (Å²) < 4.78 is 5.50. The number of morpholine rings is 1. The van der Waals surface area contributed by atoms with Crippen molar-refractivity contribution in [2.24, 2.45) is 5.92 Å². The number of carbonyl (C=O) groups excluding carboxylic acids is 2. The van der Waals surface area contributed by atoms with Crippen LogP contribution in [0.25, 0.3) is 0 Å². The number of benzene rings is 2. The van der Waals surface area contributed by atoms with Crippen LogP contribution < -0.4 is 10.2 Å². The Bertz CT molecular complexity index is 941. The van der Waals surface area contributed by atoms with Crippen molar-refractivity contribution in [3.05, 3.63) is 64.7 Å². The minimum Gasteiger partial charge on any atom is -0.379 e. The van der Waals surface area contributed by atoms with Crippen molar-refractivity contribution in [1.29, 1.82) is 0 Å². The molecule has 0 spiro atoms. The van der Waals surface area contributed by atoms with Crippen LogP contribution in [0.1, 0.15) is 34.8 Å². The summed E-state index contributed by atoms with van der Waals surface area (Å²) in [6, 6.07) is 15.0. The summed E-state index contributed by atoms with van der Waals surface area (Å²) in [6.45, 7) is 3.29. The lowest BCUT2D eigenvalue weighted by molar-refractivity contribution is -0.119. The van der Waals surface area contributed by atoms with E-state index in [9.17, 15) is 9.59 Å². The number of hydrogen-bond acceptors (Lipinski definition) is 4. The molecule has 2 aromatic rings. The van der Waals surface area contributed by atoms with Crippen LogP contribution in [0.5, 0.6) is 0 Å². The van der Waals surface area contributed by atoms with E-state index >= 15 is 0 Å². The Morgan fingerprint density at radius 1 is 1.13 bits per heavy atom. The van der Waals surface area contributed by atoms with Crippen molar-refractivity contribution < 1.29 is 14.3 Å². The van der Waals surface area contributed by atoms with Gasteiger partial charge >= 0.3 is 0 Å². The van der Waals surface area contributed by atoms with Crippen LogP contribution in [0.15, 0.2) is 48.5 Å². The molecule has 2 aromatic carbocycles. The summed E-state index contributed by atoms with van der Waals surface area (Å²) in [6.07, 6.45) is 1.85. The summed E-state index contributed by atoms with van der Waals surface area (Å²) in [5.74, 6) is -0.0362. The third kappa shape index (κ3) is 5.09. The number of anilines is 1. The van der Waals surface area contributed by atoms with Crippen LogP contribution in [-0.2, 0) is 9.53 Å². The maximum absolute atomic E-state index is 13.2. The van der Waals surface area contributed by atoms with Crippen LogP contribution in [-0.4, -0.2) is 56.6 Å². The molecule has 4 rings (SSSR count). The maximum atomic E-state index is 13.2. The molecule has 0 bridgehead atoms. The maximum Gasteiger partial charge on any atom is 0.253 e. The molecule has 0 radical (unpaired) electrons. The SMILES string of the molecule is CN(C(=O)C1CC1)c1ccccc1C(=O)NCC(c1ccccc1Cl)N1CCOCC1. The van der Waals surface area contributed by atoms with Crippen LogP contribution in [0.2, 0.25) is 5.02 Å². The van der Waals surface area contributed by atoms with Crippen molar-refractivity contribution in [2.75, 3.05) is 44.8 Å². The van der Waals surface area contributed by atoms with E-state index in [1.807, 2.05) is 42.5 Å². The van der Waals surface area contributed by atoms with Gasteiger partial charge in [0.15, 0.2) is 0 Å². The molecule has 1 saturated carbocycles. The van der Waals surface area contributed by atoms with Crippen LogP contribution in [0, 0.1) is 5.92 Å². The number of rotatable bonds is 7. The van der Waals surface area contributed by atoms with Gasteiger partial charge in [-0.25, -0.2) is 0 Å². The van der Waals surface area contributed by atoms with Crippen LogP contribution in [0.3, 0.4) is 0 Å². The second-order valence-corrected chi connectivity index (χ2v) is 8.49. The molecule has 164 valence electrons. The number of ether oxygens (including phenoxy) is 1. The van der Waals surface area contributed by atoms with Crippen molar-refractivity contribution in [1.82, 2.24) is 10.2 Å². The van der Waals surface area contributed by atoms with Gasteiger partial charge in [0.2, 0.25) is 5.91 Å². The van der Waals surface area contributed by atoms with Gasteiger partial charge in [-0.05, 0) is 36.6 Å². The zero-order chi connectivity index (χ0) is 21.8. The molecule has 2 fully saturated rings. The summed E-state index contributed by atoms with van der Waals surface area (Å²) >= 11 is 6.49. The minimum atomic E-state index is -0.198. The van der Waals surface area contributed by atoms with E-state index < -0.39 is 0 Å². The molecule has 2 amide bonds. The molecule has 1 N–H and O–H groups in total. The fraction of sp³-hybridized carbons (Fsp3) is 0.417. The Kier molecular flexibility index (Phi) is 6.90. The summed E-state index contributed by atoms with van der Waals surface area (Å²) in [5.41, 5.74) is 2.12. The normalized spacial score (nSPS) is 17.7. The van der Waals surface area contributed by atoms with Crippen molar-refractivity contribution in [3.63, 3.8) is 0 Å². The largest absolute Gasteiger partial charge is 0.379 e. The first-order valence-corrected chi connectivity index (χ1v) is 11.1. The molecular weight excluding hydrogens is 414 g/mol. The van der Waals surface area contributed by atoms with Gasteiger partial charge in [-0.2, -0.15) is 0 Å². The van der Waals surface area contributed by atoms with E-state index in [2.05, 4.69) is 10.2 Å². The van der Waals surface area contributed by atoms with Crippen molar-refractivity contribution in [2.45, 2.75) is 18.9 Å². The lowest BCUT2D eigenvalue weighted by atomic mass is 10.0. The predicted molar refractivity (Wildman–Crippen MR) is 121 cm³/mol. The van der Waals surface area contributed by atoms with Gasteiger partial charge < -0.3 is 15.0 Å². The van der Waals surface area contributed by atoms with Gasteiger partial charge in [0.1, 0.15) is 0 Å². The fourth-order valence-electron chi connectivity index (χ4n) is 4.04. The number of carbonyl (C=O) groups is 2. The average molecular weight is 442 g/mol. The fourth-order valence-corrected chi connectivity index (χ4v) is 4.30. The first-order chi connectivity index (χ1) is 15.1. The van der Waals surface area contributed by atoms with Gasteiger partial charge in [0.05, 0.1) is 30.5 Å². The smallest absolute Gasteiger partial charge is 0.253 e. The first kappa shape index (κ1) is 21.8. The number of nitrogens with one attached hydrogen (secondary N) is 1. The van der Waals surface area contributed by atoms with Gasteiger partial charge in [0.25, 0.3) is 5.91 Å². The number of halogens is 1. The molecule has 6 nitrogen and oxygen atoms in total. The third-order valence-electron chi connectivity index (χ3n) is 5.97. The highest BCUT2D eigenvalue weighted by Crippen LogP contribution is 2.33. The van der Waals surface area contributed by atoms with Gasteiger partial charge in [-0.15, -0.1) is 0 Å². The third-order valence-corrected chi connectivity index (χ3v) is 6.32. The molecule has 0 aromatic heterocycles. The molecular formula is C24H28ClN3O3. The Morgan fingerprint density at radius 3 is 2.52 bits per heavy atom. The molecule has 1 saturated heterocycles. The lowest BCUT2D eigenvalue weighted by Crippen LogP contribution is -2.44. The van der Waals surface area contributed by atoms with E-state index in [1.165, 1.54) is 0 Å². The highest BCUT2D eigenvalue weighted by molar-refractivity contribution is 6.31. The highest BCUT2D eigenvalue weighted by atomic mass is 35.5. The van der Waals surface area contributed by atoms with Crippen LogP contribution in [0.4, 0.5) is 5.69 Å². The Hall–Kier alpha value is -2.41. The van der Waals surface area contributed by atoms with E-state index in [0.717, 1.165) is 31.5 Å². The number of hydrogen-bond donors (Lipinski definition) is 1. The van der Waals surface area contributed by atoms with Crippen LogP contribution >= 0.6 is 11.6 Å².